The minimum absolute atomic E-state index is 0.0985. The minimum atomic E-state index is -0.0985. The van der Waals surface area contributed by atoms with E-state index < -0.39 is 0 Å². The van der Waals surface area contributed by atoms with Gasteiger partial charge in [0.2, 0.25) is 0 Å². The molecule has 1 radical (unpaired) electrons. The Morgan fingerprint density at radius 1 is 1.23 bits per heavy atom. The number of benzene rings is 1. The molecular weight excluding hydrogens is 176 g/mol. The van der Waals surface area contributed by atoms with E-state index in [0.29, 0.717) is 5.75 Å². The van der Waals surface area contributed by atoms with Crippen LogP contribution in [0.1, 0.15) is 12.0 Å². The zero-order valence-electron chi connectivity index (χ0n) is 8.38. The summed E-state index contributed by atoms with van der Waals surface area (Å²) in [7, 11) is -0.0985. The van der Waals surface area contributed by atoms with Crippen molar-refractivity contribution in [2.45, 2.75) is 32.0 Å². The molecule has 0 amide bonds. The van der Waals surface area contributed by atoms with Crippen LogP contribution in [0.15, 0.2) is 24.3 Å². The van der Waals surface area contributed by atoms with E-state index in [1.165, 1.54) is 12.5 Å². The zero-order valence-corrected chi connectivity index (χ0v) is 9.38. The Hall–Kier alpha value is -0.763. The van der Waals surface area contributed by atoms with E-state index in [2.05, 4.69) is 13.1 Å². The Morgan fingerprint density at radius 2 is 1.92 bits per heavy atom. The molecule has 0 spiro atoms. The Bertz CT molecular complexity index is 258. The van der Waals surface area contributed by atoms with Crippen LogP contribution >= 0.6 is 0 Å². The monoisotopic (exact) mass is 193 g/mol. The molecule has 0 atom stereocenters. The molecule has 0 aliphatic rings. The first-order valence-corrected chi connectivity index (χ1v) is 7.47. The molecule has 0 saturated carbocycles. The summed E-state index contributed by atoms with van der Waals surface area (Å²) in [5, 5.41) is 9.48. The lowest BCUT2D eigenvalue weighted by atomic mass is 10.1. The summed E-state index contributed by atoms with van der Waals surface area (Å²) in [6, 6.07) is 8.96. The number of phenols is 1. The molecule has 71 valence electrons. The lowest BCUT2D eigenvalue weighted by Gasteiger charge is -2.04. The molecule has 1 nitrogen and oxygen atoms in total. The summed E-state index contributed by atoms with van der Waals surface area (Å²) in [5.41, 5.74) is 1.09. The van der Waals surface area contributed by atoms with Crippen molar-refractivity contribution in [1.29, 1.82) is 0 Å². The van der Waals surface area contributed by atoms with Crippen LogP contribution in [0.2, 0.25) is 19.1 Å². The summed E-state index contributed by atoms with van der Waals surface area (Å²) >= 11 is 0. The van der Waals surface area contributed by atoms with Crippen LogP contribution in [-0.2, 0) is 6.42 Å². The van der Waals surface area contributed by atoms with Crippen molar-refractivity contribution in [1.82, 2.24) is 0 Å². The molecule has 0 bridgehead atoms. The summed E-state index contributed by atoms with van der Waals surface area (Å²) in [4.78, 5) is 0. The number of aromatic hydroxyl groups is 1. The molecule has 2 heteroatoms. The number of aryl methyl sites for hydroxylation is 1. The zero-order chi connectivity index (χ0) is 9.68. The number of para-hydroxylation sites is 1. The van der Waals surface area contributed by atoms with Gasteiger partial charge in [0, 0.05) is 8.80 Å². The van der Waals surface area contributed by atoms with Crippen molar-refractivity contribution in [2.75, 3.05) is 0 Å². The van der Waals surface area contributed by atoms with Gasteiger partial charge in [-0.1, -0.05) is 43.8 Å². The molecule has 0 fully saturated rings. The van der Waals surface area contributed by atoms with Gasteiger partial charge in [-0.25, -0.2) is 0 Å². The van der Waals surface area contributed by atoms with Gasteiger partial charge in [-0.2, -0.15) is 0 Å². The maximum Gasteiger partial charge on any atom is 0.118 e. The number of rotatable bonds is 4. The topological polar surface area (TPSA) is 20.2 Å². The Kier molecular flexibility index (Phi) is 4.03. The second-order valence-corrected chi connectivity index (χ2v) is 6.60. The van der Waals surface area contributed by atoms with Crippen molar-refractivity contribution >= 4 is 8.80 Å². The summed E-state index contributed by atoms with van der Waals surface area (Å²) in [6.45, 7) is 4.66. The lowest BCUT2D eigenvalue weighted by Crippen LogP contribution is -1.99. The molecule has 0 aromatic heterocycles. The van der Waals surface area contributed by atoms with Crippen LogP contribution in [0.25, 0.3) is 0 Å². The third-order valence-corrected chi connectivity index (χ3v) is 3.47. The van der Waals surface area contributed by atoms with E-state index in [-0.39, 0.29) is 8.80 Å². The van der Waals surface area contributed by atoms with Crippen LogP contribution in [0.3, 0.4) is 0 Å². The molecule has 0 aliphatic heterocycles. The average Bonchev–Trinajstić information content (AvgIpc) is 2.08. The Labute approximate surface area is 82.0 Å². The van der Waals surface area contributed by atoms with Gasteiger partial charge in [0.05, 0.1) is 0 Å². The Morgan fingerprint density at radius 3 is 2.54 bits per heavy atom. The first-order chi connectivity index (χ1) is 6.20. The van der Waals surface area contributed by atoms with Crippen molar-refractivity contribution in [3.05, 3.63) is 29.8 Å². The minimum Gasteiger partial charge on any atom is -0.508 e. The molecule has 0 saturated heterocycles. The van der Waals surface area contributed by atoms with Gasteiger partial charge in [0.25, 0.3) is 0 Å². The molecular formula is C11H17OSi. The van der Waals surface area contributed by atoms with Gasteiger partial charge >= 0.3 is 0 Å². The molecule has 0 heterocycles. The highest BCUT2D eigenvalue weighted by Crippen LogP contribution is 2.18. The van der Waals surface area contributed by atoms with E-state index in [9.17, 15) is 5.11 Å². The van der Waals surface area contributed by atoms with Crippen molar-refractivity contribution < 1.29 is 5.11 Å². The smallest absolute Gasteiger partial charge is 0.118 e. The number of hydrogen-bond acceptors (Lipinski definition) is 1. The van der Waals surface area contributed by atoms with Crippen molar-refractivity contribution in [3.8, 4) is 5.75 Å². The normalized spacial score (nSPS) is 10.7. The highest BCUT2D eigenvalue weighted by Gasteiger charge is 2.00. The third kappa shape index (κ3) is 3.64. The van der Waals surface area contributed by atoms with Crippen LogP contribution in [-0.4, -0.2) is 13.9 Å². The first-order valence-electron chi connectivity index (χ1n) is 4.76. The fourth-order valence-electron chi connectivity index (χ4n) is 1.35. The standard InChI is InChI=1S/C11H17OSi/c1-13(2)9-5-7-10-6-3-4-8-11(10)12/h3-4,6,8,12H,5,7,9H2,1-2H3. The fraction of sp³-hybridized carbons (Fsp3) is 0.455. The maximum absolute atomic E-state index is 9.48. The average molecular weight is 193 g/mol. The predicted molar refractivity (Wildman–Crippen MR) is 58.7 cm³/mol. The highest BCUT2D eigenvalue weighted by molar-refractivity contribution is 6.55. The second kappa shape index (κ2) is 5.07. The van der Waals surface area contributed by atoms with Gasteiger partial charge < -0.3 is 5.11 Å². The maximum atomic E-state index is 9.48. The van der Waals surface area contributed by atoms with Crippen molar-refractivity contribution in [3.63, 3.8) is 0 Å². The largest absolute Gasteiger partial charge is 0.508 e. The quantitative estimate of drug-likeness (QED) is 0.729. The van der Waals surface area contributed by atoms with Gasteiger partial charge in [-0.05, 0) is 18.1 Å². The van der Waals surface area contributed by atoms with Gasteiger partial charge in [-0.3, -0.25) is 0 Å². The molecule has 1 aromatic carbocycles. The van der Waals surface area contributed by atoms with Gasteiger partial charge in [0.1, 0.15) is 5.75 Å². The van der Waals surface area contributed by atoms with E-state index >= 15 is 0 Å². The number of phenolic OH excluding ortho intramolecular Hbond substituents is 1. The lowest BCUT2D eigenvalue weighted by molar-refractivity contribution is 0.467. The Balaban J connectivity index is 2.41. The van der Waals surface area contributed by atoms with Crippen LogP contribution in [0, 0.1) is 0 Å². The molecule has 1 rings (SSSR count). The van der Waals surface area contributed by atoms with E-state index in [1.54, 1.807) is 6.07 Å². The number of hydrogen-bond donors (Lipinski definition) is 1. The van der Waals surface area contributed by atoms with E-state index in [0.717, 1.165) is 12.0 Å². The molecule has 0 aliphatic carbocycles. The van der Waals surface area contributed by atoms with Gasteiger partial charge in [0.15, 0.2) is 0 Å². The van der Waals surface area contributed by atoms with Gasteiger partial charge in [-0.15, -0.1) is 0 Å². The van der Waals surface area contributed by atoms with Crippen LogP contribution in [0.4, 0.5) is 0 Å². The third-order valence-electron chi connectivity index (χ3n) is 2.11. The van der Waals surface area contributed by atoms with Crippen LogP contribution < -0.4 is 0 Å². The van der Waals surface area contributed by atoms with Crippen LogP contribution in [0.5, 0.6) is 5.75 Å². The molecule has 13 heavy (non-hydrogen) atoms. The molecule has 1 aromatic rings. The SMILES string of the molecule is C[Si](C)CCCc1ccccc1O. The van der Waals surface area contributed by atoms with E-state index in [1.807, 2.05) is 18.2 Å². The highest BCUT2D eigenvalue weighted by atomic mass is 28.3. The summed E-state index contributed by atoms with van der Waals surface area (Å²) in [5.74, 6) is 0.448. The first kappa shape index (κ1) is 10.3. The van der Waals surface area contributed by atoms with E-state index in [4.69, 9.17) is 0 Å². The second-order valence-electron chi connectivity index (χ2n) is 3.69. The van der Waals surface area contributed by atoms with Crippen molar-refractivity contribution in [2.24, 2.45) is 0 Å². The molecule has 1 N–H and O–H groups in total. The summed E-state index contributed by atoms with van der Waals surface area (Å²) in [6.07, 6.45) is 2.22. The summed E-state index contributed by atoms with van der Waals surface area (Å²) < 4.78 is 0. The fourth-order valence-corrected chi connectivity index (χ4v) is 2.24. The predicted octanol–water partition coefficient (Wildman–Crippen LogP) is 3.08. The molecule has 0 unspecified atom stereocenters.